The van der Waals surface area contributed by atoms with Crippen LogP contribution in [-0.4, -0.2) is 35.1 Å². The van der Waals surface area contributed by atoms with Gasteiger partial charge >= 0.3 is 0 Å². The molecule has 124 valence electrons. The van der Waals surface area contributed by atoms with Gasteiger partial charge in [0, 0.05) is 0 Å². The number of rotatable bonds is 4. The lowest BCUT2D eigenvalue weighted by molar-refractivity contribution is -0.198. The van der Waals surface area contributed by atoms with E-state index in [-0.39, 0.29) is 16.4 Å². The summed E-state index contributed by atoms with van der Waals surface area (Å²) in [6, 6.07) is 3.90. The fourth-order valence-corrected chi connectivity index (χ4v) is 5.55. The maximum atomic E-state index is 12.8. The van der Waals surface area contributed by atoms with Gasteiger partial charge in [0.25, 0.3) is 0 Å². The van der Waals surface area contributed by atoms with Gasteiger partial charge in [-0.3, -0.25) is 0 Å². The third kappa shape index (κ3) is 2.87. The molecule has 2 rings (SSSR count). The second kappa shape index (κ2) is 6.18. The fraction of sp³-hybridized carbons (Fsp3) is 0.625. The Labute approximate surface area is 132 Å². The number of hydrogen-bond donors (Lipinski definition) is 2. The van der Waals surface area contributed by atoms with Crippen LogP contribution in [0.4, 0.5) is 0 Å². The van der Waals surface area contributed by atoms with Crippen LogP contribution in [0.5, 0.6) is 5.75 Å². The first-order valence-corrected chi connectivity index (χ1v) is 9.46. The van der Waals surface area contributed by atoms with Crippen LogP contribution in [0.3, 0.4) is 0 Å². The summed E-state index contributed by atoms with van der Waals surface area (Å²) >= 11 is 0. The van der Waals surface area contributed by atoms with Crippen LogP contribution in [0.25, 0.3) is 0 Å². The summed E-state index contributed by atoms with van der Waals surface area (Å²) < 4.78 is 25.7. The molecule has 6 heteroatoms. The van der Waals surface area contributed by atoms with Crippen LogP contribution in [0.1, 0.15) is 58.1 Å². The van der Waals surface area contributed by atoms with Gasteiger partial charge in [-0.25, -0.2) is 8.42 Å². The van der Waals surface area contributed by atoms with E-state index in [0.29, 0.717) is 18.4 Å². The van der Waals surface area contributed by atoms with Crippen molar-refractivity contribution in [3.8, 4) is 5.75 Å². The minimum atomic E-state index is -3.58. The summed E-state index contributed by atoms with van der Waals surface area (Å²) in [5, 5.41) is 21.6. The van der Waals surface area contributed by atoms with E-state index in [1.54, 1.807) is 13.0 Å². The van der Waals surface area contributed by atoms with Crippen LogP contribution >= 0.6 is 0 Å². The quantitative estimate of drug-likeness (QED) is 0.887. The van der Waals surface area contributed by atoms with Crippen LogP contribution in [0, 0.1) is 0 Å². The minimum absolute atomic E-state index is 0.0726. The van der Waals surface area contributed by atoms with E-state index in [1.807, 2.05) is 13.8 Å². The third-order valence-electron chi connectivity index (χ3n) is 4.75. The Morgan fingerprint density at radius 1 is 1.36 bits per heavy atom. The van der Waals surface area contributed by atoms with Crippen LogP contribution in [-0.2, 0) is 9.84 Å². The monoisotopic (exact) mass is 327 g/mol. The molecule has 1 aliphatic heterocycles. The highest BCUT2D eigenvalue weighted by Gasteiger charge is 2.45. The Morgan fingerprint density at radius 2 is 2.05 bits per heavy atom. The van der Waals surface area contributed by atoms with Crippen molar-refractivity contribution in [3.63, 3.8) is 0 Å². The molecule has 0 fully saturated rings. The lowest BCUT2D eigenvalue weighted by Gasteiger charge is -2.40. The number of hydroxylamine groups is 2. The van der Waals surface area contributed by atoms with Gasteiger partial charge in [0.05, 0.1) is 22.2 Å². The summed E-state index contributed by atoms with van der Waals surface area (Å²) in [6.45, 7) is 5.76. The van der Waals surface area contributed by atoms with Crippen LogP contribution in [0.2, 0.25) is 0 Å². The standard InChI is InChI=1S/C16H25NO4S/c1-4-6-9-16(5-2)11-22(20,21)15-10-13(18)7-8-14(15)12(3)17(16)19/h7-8,10,12,18-19H,4-6,9,11H2,1-3H3/t12-,16-/m1/s1. The lowest BCUT2D eigenvalue weighted by atomic mass is 9.89. The van der Waals surface area contributed by atoms with Gasteiger partial charge < -0.3 is 10.3 Å². The SMILES string of the molecule is CCCC[C@]1(CC)CS(=O)(=O)c2cc(O)ccc2[C@@H](C)N1O. The molecule has 0 bridgehead atoms. The first-order valence-electron chi connectivity index (χ1n) is 7.81. The molecule has 1 aliphatic rings. The van der Waals surface area contributed by atoms with Gasteiger partial charge in [0.1, 0.15) is 5.75 Å². The van der Waals surface area contributed by atoms with E-state index in [0.717, 1.165) is 12.8 Å². The van der Waals surface area contributed by atoms with Crippen molar-refractivity contribution in [2.45, 2.75) is 62.9 Å². The highest BCUT2D eigenvalue weighted by Crippen LogP contribution is 2.41. The molecule has 22 heavy (non-hydrogen) atoms. The highest BCUT2D eigenvalue weighted by atomic mass is 32.2. The maximum Gasteiger partial charge on any atom is 0.180 e. The van der Waals surface area contributed by atoms with Crippen molar-refractivity contribution in [3.05, 3.63) is 23.8 Å². The molecular formula is C16H25NO4S. The van der Waals surface area contributed by atoms with Gasteiger partial charge in [0.15, 0.2) is 9.84 Å². The predicted molar refractivity (Wildman–Crippen MR) is 84.7 cm³/mol. The molecule has 0 unspecified atom stereocenters. The number of unbranched alkanes of at least 4 members (excludes halogenated alkanes) is 1. The largest absolute Gasteiger partial charge is 0.508 e. The average Bonchev–Trinajstić information content (AvgIpc) is 2.54. The molecule has 0 radical (unpaired) electrons. The molecule has 2 N–H and O–H groups in total. The summed E-state index contributed by atoms with van der Waals surface area (Å²) in [5.74, 6) is -0.204. The number of sulfone groups is 1. The number of hydrogen-bond acceptors (Lipinski definition) is 5. The van der Waals surface area contributed by atoms with Crippen molar-refractivity contribution < 1.29 is 18.7 Å². The summed E-state index contributed by atoms with van der Waals surface area (Å²) in [6.07, 6.45) is 2.97. The van der Waals surface area contributed by atoms with Crippen LogP contribution in [0.15, 0.2) is 23.1 Å². The van der Waals surface area contributed by atoms with E-state index < -0.39 is 21.4 Å². The maximum absolute atomic E-state index is 12.8. The molecule has 0 spiro atoms. The van der Waals surface area contributed by atoms with Crippen molar-refractivity contribution in [1.82, 2.24) is 5.06 Å². The molecule has 1 heterocycles. The number of aromatic hydroxyl groups is 1. The summed E-state index contributed by atoms with van der Waals surface area (Å²) in [4.78, 5) is 0.130. The molecule has 0 amide bonds. The van der Waals surface area contributed by atoms with Crippen LogP contribution < -0.4 is 0 Å². The second-order valence-corrected chi connectivity index (χ2v) is 8.14. The molecule has 2 atom stereocenters. The zero-order chi connectivity index (χ0) is 16.5. The molecular weight excluding hydrogens is 302 g/mol. The Bertz CT molecular complexity index is 644. The number of phenolic OH excluding ortho intramolecular Hbond substituents is 1. The molecule has 0 aliphatic carbocycles. The number of fused-ring (bicyclic) bond motifs is 1. The van der Waals surface area contributed by atoms with Crippen molar-refractivity contribution in [2.24, 2.45) is 0 Å². The summed E-state index contributed by atoms with van der Waals surface area (Å²) in [5.41, 5.74) is -0.254. The van der Waals surface area contributed by atoms with Gasteiger partial charge in [-0.15, -0.1) is 0 Å². The topological polar surface area (TPSA) is 77.8 Å². The van der Waals surface area contributed by atoms with E-state index in [1.165, 1.54) is 17.2 Å². The lowest BCUT2D eigenvalue weighted by Crippen LogP contribution is -2.50. The second-order valence-electron chi connectivity index (χ2n) is 6.18. The van der Waals surface area contributed by atoms with Crippen molar-refractivity contribution >= 4 is 9.84 Å². The highest BCUT2D eigenvalue weighted by molar-refractivity contribution is 7.91. The molecule has 1 aromatic carbocycles. The van der Waals surface area contributed by atoms with E-state index in [4.69, 9.17) is 0 Å². The number of nitrogens with zero attached hydrogens (tertiary/aromatic N) is 1. The zero-order valence-corrected chi connectivity index (χ0v) is 14.2. The normalized spacial score (nSPS) is 28.1. The number of benzene rings is 1. The van der Waals surface area contributed by atoms with Crippen molar-refractivity contribution in [1.29, 1.82) is 0 Å². The van der Waals surface area contributed by atoms with Crippen molar-refractivity contribution in [2.75, 3.05) is 5.75 Å². The van der Waals surface area contributed by atoms with Gasteiger partial charge in [0.2, 0.25) is 0 Å². The first kappa shape index (κ1) is 17.2. The summed E-state index contributed by atoms with van der Waals surface area (Å²) in [7, 11) is -3.58. The average molecular weight is 327 g/mol. The molecule has 0 saturated heterocycles. The van der Waals surface area contributed by atoms with E-state index in [2.05, 4.69) is 0 Å². The Hall–Kier alpha value is -1.11. The van der Waals surface area contributed by atoms with E-state index in [9.17, 15) is 18.7 Å². The Balaban J connectivity index is 2.60. The van der Waals surface area contributed by atoms with Gasteiger partial charge in [-0.2, -0.15) is 5.06 Å². The zero-order valence-electron chi connectivity index (χ0n) is 13.4. The van der Waals surface area contributed by atoms with Gasteiger partial charge in [-0.05, 0) is 37.5 Å². The molecule has 0 aromatic heterocycles. The predicted octanol–water partition coefficient (Wildman–Crippen LogP) is 3.27. The smallest absolute Gasteiger partial charge is 0.180 e. The molecule has 5 nitrogen and oxygen atoms in total. The van der Waals surface area contributed by atoms with E-state index >= 15 is 0 Å². The minimum Gasteiger partial charge on any atom is -0.508 e. The number of phenols is 1. The first-order chi connectivity index (χ1) is 10.3. The Kier molecular flexibility index (Phi) is 4.84. The fourth-order valence-electron chi connectivity index (χ4n) is 3.31. The Morgan fingerprint density at radius 3 is 2.64 bits per heavy atom. The van der Waals surface area contributed by atoms with Gasteiger partial charge in [-0.1, -0.05) is 32.8 Å². The molecule has 0 saturated carbocycles. The third-order valence-corrected chi connectivity index (χ3v) is 6.69. The molecule has 1 aromatic rings.